The van der Waals surface area contributed by atoms with E-state index in [1.807, 2.05) is 54.2 Å². The molecule has 0 saturated heterocycles. The van der Waals surface area contributed by atoms with Crippen LogP contribution >= 0.6 is 95.0 Å². The molecule has 2 unspecified atom stereocenters. The highest BCUT2D eigenvalue weighted by Gasteiger charge is 2.47. The first-order valence-corrected chi connectivity index (χ1v) is 42.8. The zero-order chi connectivity index (χ0) is 75.0. The van der Waals surface area contributed by atoms with Gasteiger partial charge >= 0.3 is 0 Å². The Morgan fingerprint density at radius 3 is 1.29 bits per heavy atom. The molecule has 534 valence electrons. The van der Waals surface area contributed by atoms with E-state index in [0.29, 0.717) is 11.3 Å². The molecule has 0 spiro atoms. The van der Waals surface area contributed by atoms with E-state index < -0.39 is 67.3 Å². The van der Waals surface area contributed by atoms with Crippen LogP contribution in [0.25, 0.3) is 11.1 Å². The Kier molecular flexibility index (Phi) is 23.3. The molecule has 1 aliphatic carbocycles. The number of rotatable bonds is 26. The number of allylic oxidation sites excluding steroid dienone is 1. The van der Waals surface area contributed by atoms with Crippen molar-refractivity contribution in [3.05, 3.63) is 311 Å². The van der Waals surface area contributed by atoms with Gasteiger partial charge in [0, 0.05) is 61.3 Å². The van der Waals surface area contributed by atoms with Crippen molar-refractivity contribution < 1.29 is 35.5 Å². The van der Waals surface area contributed by atoms with Crippen molar-refractivity contribution >= 4 is 135 Å². The summed E-state index contributed by atoms with van der Waals surface area (Å²) in [5.41, 5.74) is 8.83. The number of thioether (sulfide) groups is 6. The lowest BCUT2D eigenvalue weighted by molar-refractivity contribution is 0.0954. The van der Waals surface area contributed by atoms with E-state index in [1.54, 1.807) is 61.3 Å². The minimum absolute atomic E-state index is 0.0539. The molecule has 104 heavy (non-hydrogen) atoms. The maximum absolute atomic E-state index is 14.0. The summed E-state index contributed by atoms with van der Waals surface area (Å²) in [4.78, 5) is 32.4. The van der Waals surface area contributed by atoms with Gasteiger partial charge < -0.3 is 0 Å². The lowest BCUT2D eigenvalue weighted by Crippen LogP contribution is -2.40. The fourth-order valence-electron chi connectivity index (χ4n) is 13.4. The van der Waals surface area contributed by atoms with Crippen LogP contribution in [0, 0.1) is 10.8 Å². The molecule has 1 aliphatic rings. The molecule has 18 heteroatoms. The van der Waals surface area contributed by atoms with E-state index >= 15 is 0 Å². The van der Waals surface area contributed by atoms with Gasteiger partial charge in [-0.05, 0) is 211 Å². The highest BCUT2D eigenvalue weighted by molar-refractivity contribution is 8.23. The summed E-state index contributed by atoms with van der Waals surface area (Å²) >= 11 is 21.7. The van der Waals surface area contributed by atoms with Gasteiger partial charge in [-0.3, -0.25) is 18.7 Å². The third kappa shape index (κ3) is 16.0. The molecule has 10 aromatic rings. The SMILES string of the molecule is C=CC(C)(CCC(C)(c1ccc(SC)cc1)c1ccc(SC(=O)c2ccccc2S(=O)(=O)O)cc1)C(=S)Sc1ccc(C(C)(C)c2ccc(SC(C)(C)C(C)(C)C(=S)Sc3ccc(C4(c5ccc(SC(C)(C)C(=O)c6ccccc6S(=O)(=O)O)cc5)c5ccccc5-c5ccccc54)cc3)cc2)cc1. The summed E-state index contributed by atoms with van der Waals surface area (Å²) in [6.45, 7) is 25.8. The minimum Gasteiger partial charge on any atom is -0.293 e. The first kappa shape index (κ1) is 78.5. The zero-order valence-electron chi connectivity index (χ0n) is 59.7. The predicted molar refractivity (Wildman–Crippen MR) is 445 cm³/mol. The molecule has 0 fully saturated rings. The van der Waals surface area contributed by atoms with Crippen LogP contribution in [0.15, 0.2) is 294 Å². The van der Waals surface area contributed by atoms with Gasteiger partial charge in [0.15, 0.2) is 5.78 Å². The lowest BCUT2D eigenvalue weighted by atomic mass is 9.68. The number of fused-ring (bicyclic) bond motifs is 3. The molecular formula is C86H82O8S10. The average molecular weight is 1560 g/mol. The van der Waals surface area contributed by atoms with Crippen LogP contribution in [0.5, 0.6) is 0 Å². The summed E-state index contributed by atoms with van der Waals surface area (Å²) in [5.74, 6) is -0.410. The Morgan fingerprint density at radius 2 is 0.817 bits per heavy atom. The number of ketones is 1. The molecular weight excluding hydrogens is 1480 g/mol. The van der Waals surface area contributed by atoms with Gasteiger partial charge in [0.05, 0.1) is 24.1 Å². The van der Waals surface area contributed by atoms with E-state index in [1.165, 1.54) is 70.4 Å². The quantitative estimate of drug-likeness (QED) is 0.0174. The van der Waals surface area contributed by atoms with Crippen LogP contribution < -0.4 is 0 Å². The average Bonchev–Trinajstić information content (AvgIpc) is 1.53. The maximum Gasteiger partial charge on any atom is 0.295 e. The number of carbonyl (C=O) groups is 2. The summed E-state index contributed by atoms with van der Waals surface area (Å²) in [5, 5.41) is -0.490. The summed E-state index contributed by atoms with van der Waals surface area (Å²) in [7, 11) is -9.22. The molecule has 2 N–H and O–H groups in total. The third-order valence-electron chi connectivity index (χ3n) is 20.7. The van der Waals surface area contributed by atoms with Gasteiger partial charge in [0.25, 0.3) is 20.2 Å². The molecule has 11 rings (SSSR count). The molecule has 8 nitrogen and oxygen atoms in total. The number of benzene rings is 10. The van der Waals surface area contributed by atoms with Crippen molar-refractivity contribution in [1.82, 2.24) is 0 Å². The molecule has 0 heterocycles. The van der Waals surface area contributed by atoms with Gasteiger partial charge in [-0.1, -0.05) is 241 Å². The summed E-state index contributed by atoms with van der Waals surface area (Å²) in [6.07, 6.45) is 5.46. The Bertz CT molecular complexity index is 5100. The van der Waals surface area contributed by atoms with Gasteiger partial charge in [0.1, 0.15) is 9.79 Å². The van der Waals surface area contributed by atoms with Gasteiger partial charge in [0.2, 0.25) is 5.12 Å². The maximum atomic E-state index is 14.0. The predicted octanol–water partition coefficient (Wildman–Crippen LogP) is 23.7. The van der Waals surface area contributed by atoms with Crippen molar-refractivity contribution in [2.45, 2.75) is 147 Å². The van der Waals surface area contributed by atoms with Crippen LogP contribution in [-0.2, 0) is 36.5 Å². The molecule has 10 aromatic carbocycles. The van der Waals surface area contributed by atoms with E-state index in [2.05, 4.69) is 226 Å². The molecule has 2 atom stereocenters. The van der Waals surface area contributed by atoms with E-state index in [-0.39, 0.29) is 21.3 Å². The molecule has 0 saturated carbocycles. The highest BCUT2D eigenvalue weighted by Crippen LogP contribution is 2.57. The molecule has 0 amide bonds. The van der Waals surface area contributed by atoms with Gasteiger partial charge in [-0.15, -0.1) is 41.9 Å². The normalized spacial score (nSPS) is 14.3. The Hall–Kier alpha value is -6.62. The first-order chi connectivity index (χ1) is 49.1. The zero-order valence-corrected chi connectivity index (χ0v) is 67.9. The Morgan fingerprint density at radius 1 is 0.442 bits per heavy atom. The van der Waals surface area contributed by atoms with Crippen molar-refractivity contribution in [1.29, 1.82) is 0 Å². The van der Waals surface area contributed by atoms with E-state index in [9.17, 15) is 35.5 Å². The van der Waals surface area contributed by atoms with Crippen LogP contribution in [0.1, 0.15) is 147 Å². The number of carbonyl (C=O) groups excluding carboxylic acids is 2. The second-order valence-electron chi connectivity index (χ2n) is 28.6. The standard InChI is InChI=1S/C86H82O8S10/c1-13-84(10,54-55-85(11,58-34-42-62(97-12)43-35-58)59-36-46-63(47-37-59)98-77(88)71-25-17-21-29-75(71)104(92,93)94)79(96)100-65-44-30-56(31-45-65)80(2,3)57-32-50-67(51-33-57)102-83(8,9)81(4,5)78(95)99-64-48-38-60(39-49-64)86(72-26-18-14-22-68(72)69-23-15-19-27-73(69)86)61-40-52-66(53-41-61)101-82(6,7)76(87)70-24-16-20-28-74(70)103(89,90)91/h13-53H,1,54-55H2,2-12H3,(H,89,90,91)(H,92,93,94). The number of hydrogen-bond acceptors (Lipinski definition) is 14. The van der Waals surface area contributed by atoms with Crippen LogP contribution in [0.4, 0.5) is 0 Å². The largest absolute Gasteiger partial charge is 0.295 e. The third-order valence-corrected chi connectivity index (χ3v) is 30.7. The fraction of sp³-hybridized carbons (Fsp3) is 0.233. The van der Waals surface area contributed by atoms with E-state index in [4.69, 9.17) is 24.4 Å². The van der Waals surface area contributed by atoms with E-state index in [0.717, 1.165) is 84.4 Å². The topological polar surface area (TPSA) is 143 Å². The fourth-order valence-corrected chi connectivity index (χ4v) is 21.4. The smallest absolute Gasteiger partial charge is 0.293 e. The van der Waals surface area contributed by atoms with Gasteiger partial charge in [-0.25, -0.2) is 0 Å². The lowest BCUT2D eigenvalue weighted by Gasteiger charge is -2.41. The van der Waals surface area contributed by atoms with Crippen molar-refractivity contribution in [3.63, 3.8) is 0 Å². The number of thiocarbonyl (C=S) groups is 2. The number of hydrogen-bond donors (Lipinski definition) is 2. The second kappa shape index (κ2) is 30.9. The molecule has 0 aromatic heterocycles. The van der Waals surface area contributed by atoms with Crippen molar-refractivity contribution in [2.24, 2.45) is 10.8 Å². The molecule has 0 bridgehead atoms. The second-order valence-corrected chi connectivity index (χ2v) is 40.2. The molecule has 0 radical (unpaired) electrons. The van der Waals surface area contributed by atoms with Crippen LogP contribution in [-0.4, -0.2) is 61.0 Å². The van der Waals surface area contributed by atoms with Crippen molar-refractivity contribution in [3.8, 4) is 11.1 Å². The minimum atomic E-state index is -4.63. The van der Waals surface area contributed by atoms with Crippen LogP contribution in [0.3, 0.4) is 0 Å². The van der Waals surface area contributed by atoms with Crippen molar-refractivity contribution in [2.75, 3.05) is 6.26 Å². The molecule has 0 aliphatic heterocycles. The summed E-state index contributed by atoms with van der Waals surface area (Å²) in [6, 6.07) is 79.9. The number of Topliss-reactive ketones (excluding diaryl/α,β-unsaturated/α-hetero) is 1. The van der Waals surface area contributed by atoms with Gasteiger partial charge in [-0.2, -0.15) is 16.8 Å². The van der Waals surface area contributed by atoms with Crippen LogP contribution in [0.2, 0.25) is 0 Å². The Balaban J connectivity index is 0.742. The Labute approximate surface area is 650 Å². The summed E-state index contributed by atoms with van der Waals surface area (Å²) < 4.78 is 68.9. The monoisotopic (exact) mass is 1560 g/mol. The first-order valence-electron chi connectivity index (χ1n) is 33.8. The highest BCUT2D eigenvalue weighted by atomic mass is 32.2.